The summed E-state index contributed by atoms with van der Waals surface area (Å²) in [6.45, 7) is 4.11. The molecule has 0 saturated carbocycles. The van der Waals surface area contributed by atoms with E-state index >= 15 is 0 Å². The number of aliphatic hydroxyl groups is 1. The molecule has 0 bridgehead atoms. The van der Waals surface area contributed by atoms with Gasteiger partial charge in [0.05, 0.1) is 16.2 Å². The Balaban J connectivity index is 1.71. The Bertz CT molecular complexity index is 1030. The molecular formula is C22H26N2O5S. The van der Waals surface area contributed by atoms with Gasteiger partial charge in [0.15, 0.2) is 9.84 Å². The number of carbonyl (C=O) groups is 2. The van der Waals surface area contributed by atoms with Crippen LogP contribution in [0.5, 0.6) is 0 Å². The first-order chi connectivity index (χ1) is 14.2. The molecule has 0 radical (unpaired) electrons. The highest BCUT2D eigenvalue weighted by molar-refractivity contribution is 7.92. The number of β-amino-alcohol motifs (C(OH)–C–C–N with tert-alkyl or cyclic N) is 1. The van der Waals surface area contributed by atoms with Crippen molar-refractivity contribution in [2.45, 2.75) is 42.9 Å². The number of anilines is 1. The maximum absolute atomic E-state index is 12.7. The average Bonchev–Trinajstić information content (AvgIpc) is 2.73. The molecule has 0 spiro atoms. The summed E-state index contributed by atoms with van der Waals surface area (Å²) in [5.74, 6) is -0.588. The zero-order valence-corrected chi connectivity index (χ0v) is 17.9. The third-order valence-electron chi connectivity index (χ3n) is 5.12. The second-order valence-corrected chi connectivity index (χ2v) is 10.2. The number of aliphatic hydroxyl groups excluding tert-OH is 1. The molecule has 1 fully saturated rings. The molecule has 8 heteroatoms. The summed E-state index contributed by atoms with van der Waals surface area (Å²) in [4.78, 5) is 27.0. The third-order valence-corrected chi connectivity index (χ3v) is 7.29. The molecule has 3 rings (SSSR count). The number of rotatable bonds is 5. The Hall–Kier alpha value is -2.71. The standard InChI is InChI=1S/C22H26N2O5S/c1-15(2)30(28,29)20-10-8-16(9-11-20)21(26)23-18-6-3-5-17(13-18)22(27)24-12-4-7-19(25)14-24/h3,5-6,8-11,13,15,19,25H,4,7,12,14H2,1-2H3,(H,23,26). The normalized spacial score (nSPS) is 17.1. The molecule has 7 nitrogen and oxygen atoms in total. The van der Waals surface area contributed by atoms with Gasteiger partial charge in [-0.15, -0.1) is 0 Å². The Labute approximate surface area is 176 Å². The van der Waals surface area contributed by atoms with E-state index in [2.05, 4.69) is 5.32 Å². The molecule has 2 aromatic rings. The number of nitrogens with zero attached hydrogens (tertiary/aromatic N) is 1. The minimum Gasteiger partial charge on any atom is -0.391 e. The van der Waals surface area contributed by atoms with Gasteiger partial charge in [0, 0.05) is 29.9 Å². The lowest BCUT2D eigenvalue weighted by atomic mass is 10.1. The van der Waals surface area contributed by atoms with E-state index in [0.29, 0.717) is 36.3 Å². The lowest BCUT2D eigenvalue weighted by Crippen LogP contribution is -2.42. The van der Waals surface area contributed by atoms with E-state index in [9.17, 15) is 23.1 Å². The first kappa shape index (κ1) is 22.0. The molecule has 0 aliphatic carbocycles. The molecule has 1 aliphatic heterocycles. The maximum Gasteiger partial charge on any atom is 0.255 e. The highest BCUT2D eigenvalue weighted by Gasteiger charge is 2.23. The minimum atomic E-state index is -3.40. The lowest BCUT2D eigenvalue weighted by molar-refractivity contribution is 0.0474. The number of hydrogen-bond donors (Lipinski definition) is 2. The molecular weight excluding hydrogens is 404 g/mol. The van der Waals surface area contributed by atoms with Crippen molar-refractivity contribution in [2.75, 3.05) is 18.4 Å². The Kier molecular flexibility index (Phi) is 6.58. The second kappa shape index (κ2) is 8.97. The predicted molar refractivity (Wildman–Crippen MR) is 114 cm³/mol. The summed E-state index contributed by atoms with van der Waals surface area (Å²) in [6, 6.07) is 12.4. The van der Waals surface area contributed by atoms with Crippen LogP contribution >= 0.6 is 0 Å². The molecule has 2 aromatic carbocycles. The number of amides is 2. The number of likely N-dealkylation sites (tertiary alicyclic amines) is 1. The van der Waals surface area contributed by atoms with E-state index in [1.165, 1.54) is 24.3 Å². The minimum absolute atomic E-state index is 0.172. The van der Waals surface area contributed by atoms with Gasteiger partial charge in [-0.25, -0.2) is 8.42 Å². The summed E-state index contributed by atoms with van der Waals surface area (Å²) in [6.07, 6.45) is 0.941. The SMILES string of the molecule is CC(C)S(=O)(=O)c1ccc(C(=O)Nc2cccc(C(=O)N3CCCC(O)C3)c2)cc1. The molecule has 1 heterocycles. The monoisotopic (exact) mass is 430 g/mol. The molecule has 160 valence electrons. The van der Waals surface area contributed by atoms with Crippen LogP contribution in [0.25, 0.3) is 0 Å². The molecule has 0 aromatic heterocycles. The van der Waals surface area contributed by atoms with Crippen molar-refractivity contribution in [3.05, 3.63) is 59.7 Å². The van der Waals surface area contributed by atoms with Gasteiger partial charge in [0.1, 0.15) is 0 Å². The first-order valence-electron chi connectivity index (χ1n) is 9.91. The quantitative estimate of drug-likeness (QED) is 0.759. The van der Waals surface area contributed by atoms with Crippen LogP contribution in [0, 0.1) is 0 Å². The summed E-state index contributed by atoms with van der Waals surface area (Å²) < 4.78 is 24.4. The lowest BCUT2D eigenvalue weighted by Gasteiger charge is -2.30. The number of nitrogens with one attached hydrogen (secondary N) is 1. The highest BCUT2D eigenvalue weighted by atomic mass is 32.2. The molecule has 1 atom stereocenters. The largest absolute Gasteiger partial charge is 0.391 e. The number of sulfone groups is 1. The number of hydrogen-bond acceptors (Lipinski definition) is 5. The molecule has 1 aliphatic rings. The Morgan fingerprint density at radius 2 is 1.80 bits per heavy atom. The number of carbonyl (C=O) groups excluding carboxylic acids is 2. The van der Waals surface area contributed by atoms with Crippen molar-refractivity contribution >= 4 is 27.3 Å². The molecule has 1 saturated heterocycles. The smallest absolute Gasteiger partial charge is 0.255 e. The van der Waals surface area contributed by atoms with E-state index in [4.69, 9.17) is 0 Å². The molecule has 2 N–H and O–H groups in total. The van der Waals surface area contributed by atoms with Gasteiger partial charge in [-0.1, -0.05) is 6.07 Å². The van der Waals surface area contributed by atoms with Gasteiger partial charge in [-0.3, -0.25) is 9.59 Å². The highest BCUT2D eigenvalue weighted by Crippen LogP contribution is 2.19. The maximum atomic E-state index is 12.7. The van der Waals surface area contributed by atoms with Crippen LogP contribution in [-0.2, 0) is 9.84 Å². The average molecular weight is 431 g/mol. The van der Waals surface area contributed by atoms with Crippen molar-refractivity contribution in [3.8, 4) is 0 Å². The van der Waals surface area contributed by atoms with Gasteiger partial charge < -0.3 is 15.3 Å². The summed E-state index contributed by atoms with van der Waals surface area (Å²) in [5.41, 5.74) is 1.20. The Morgan fingerprint density at radius 3 is 2.43 bits per heavy atom. The van der Waals surface area contributed by atoms with Crippen LogP contribution in [0.4, 0.5) is 5.69 Å². The van der Waals surface area contributed by atoms with E-state index in [-0.39, 0.29) is 10.8 Å². The fourth-order valence-electron chi connectivity index (χ4n) is 3.32. The van der Waals surface area contributed by atoms with Crippen LogP contribution < -0.4 is 5.32 Å². The molecule has 1 unspecified atom stereocenters. The van der Waals surface area contributed by atoms with Gasteiger partial charge in [-0.2, -0.15) is 0 Å². The van der Waals surface area contributed by atoms with Crippen LogP contribution in [0.1, 0.15) is 47.4 Å². The molecule has 2 amide bonds. The number of piperidine rings is 1. The van der Waals surface area contributed by atoms with E-state index < -0.39 is 27.1 Å². The second-order valence-electron chi connectivity index (χ2n) is 7.70. The van der Waals surface area contributed by atoms with Crippen LogP contribution in [-0.4, -0.2) is 54.7 Å². The van der Waals surface area contributed by atoms with Gasteiger partial charge in [0.25, 0.3) is 11.8 Å². The van der Waals surface area contributed by atoms with Crippen LogP contribution in [0.15, 0.2) is 53.4 Å². The predicted octanol–water partition coefficient (Wildman–Crippen LogP) is 2.72. The summed E-state index contributed by atoms with van der Waals surface area (Å²) in [5, 5.41) is 12.0. The Morgan fingerprint density at radius 1 is 1.10 bits per heavy atom. The summed E-state index contributed by atoms with van der Waals surface area (Å²) in [7, 11) is -3.40. The van der Waals surface area contributed by atoms with Crippen molar-refractivity contribution in [1.29, 1.82) is 0 Å². The van der Waals surface area contributed by atoms with Crippen molar-refractivity contribution in [2.24, 2.45) is 0 Å². The molecule has 30 heavy (non-hydrogen) atoms. The van der Waals surface area contributed by atoms with E-state index in [1.807, 2.05) is 0 Å². The van der Waals surface area contributed by atoms with Crippen molar-refractivity contribution in [1.82, 2.24) is 4.90 Å². The van der Waals surface area contributed by atoms with E-state index in [1.54, 1.807) is 43.0 Å². The zero-order chi connectivity index (χ0) is 21.9. The van der Waals surface area contributed by atoms with Gasteiger partial charge in [-0.05, 0) is 69.2 Å². The summed E-state index contributed by atoms with van der Waals surface area (Å²) >= 11 is 0. The number of benzene rings is 2. The van der Waals surface area contributed by atoms with Gasteiger partial charge in [0.2, 0.25) is 0 Å². The van der Waals surface area contributed by atoms with E-state index in [0.717, 1.165) is 6.42 Å². The van der Waals surface area contributed by atoms with Crippen molar-refractivity contribution in [3.63, 3.8) is 0 Å². The fourth-order valence-corrected chi connectivity index (χ4v) is 4.38. The van der Waals surface area contributed by atoms with Crippen LogP contribution in [0.2, 0.25) is 0 Å². The topological polar surface area (TPSA) is 104 Å². The van der Waals surface area contributed by atoms with Gasteiger partial charge >= 0.3 is 0 Å². The first-order valence-corrected chi connectivity index (χ1v) is 11.5. The third kappa shape index (κ3) is 4.88. The zero-order valence-electron chi connectivity index (χ0n) is 17.0. The van der Waals surface area contributed by atoms with Crippen LogP contribution in [0.3, 0.4) is 0 Å². The van der Waals surface area contributed by atoms with Crippen molar-refractivity contribution < 1.29 is 23.1 Å². The fraction of sp³-hybridized carbons (Fsp3) is 0.364.